The van der Waals surface area contributed by atoms with E-state index < -0.39 is 0 Å². The average molecular weight is 412 g/mol. The third-order valence-corrected chi connectivity index (χ3v) is 4.19. The van der Waals surface area contributed by atoms with E-state index in [9.17, 15) is 4.79 Å². The van der Waals surface area contributed by atoms with Crippen LogP contribution in [0.25, 0.3) is 0 Å². The van der Waals surface area contributed by atoms with Crippen molar-refractivity contribution in [3.05, 3.63) is 33.3 Å². The lowest BCUT2D eigenvalue weighted by Crippen LogP contribution is -2.44. The van der Waals surface area contributed by atoms with Crippen LogP contribution in [-0.2, 0) is 0 Å². The minimum atomic E-state index is -0.127. The van der Waals surface area contributed by atoms with Crippen LogP contribution in [0.15, 0.2) is 22.7 Å². The van der Waals surface area contributed by atoms with Crippen molar-refractivity contribution in [3.63, 3.8) is 0 Å². The molecule has 1 unspecified atom stereocenters. The Morgan fingerprint density at radius 3 is 2.53 bits per heavy atom. The smallest absolute Gasteiger partial charge is 0.253 e. The molecule has 5 heteroatoms. The molecule has 1 N–H and O–H groups in total. The van der Waals surface area contributed by atoms with E-state index in [0.29, 0.717) is 10.6 Å². The van der Waals surface area contributed by atoms with Gasteiger partial charge in [-0.05, 0) is 30.0 Å². The second kappa shape index (κ2) is 7.09. The topological polar surface area (TPSA) is 29.1 Å². The molecular weight excluding hydrogens is 393 g/mol. The minimum absolute atomic E-state index is 0.00523. The van der Waals surface area contributed by atoms with Gasteiger partial charge in [0.05, 0.1) is 10.6 Å². The van der Waals surface area contributed by atoms with Gasteiger partial charge in [0.2, 0.25) is 0 Å². The fraction of sp³-hybridized carbons (Fsp3) is 0.500. The first-order valence-electron chi connectivity index (χ1n) is 6.07. The third-order valence-electron chi connectivity index (χ3n) is 2.92. The van der Waals surface area contributed by atoms with Crippen LogP contribution in [0.3, 0.4) is 0 Å². The van der Waals surface area contributed by atoms with Crippen LogP contribution in [0.5, 0.6) is 0 Å². The summed E-state index contributed by atoms with van der Waals surface area (Å²) in [4.78, 5) is 12.3. The second-order valence-electron chi connectivity index (χ2n) is 5.49. The Kier molecular flexibility index (Phi) is 6.34. The zero-order chi connectivity index (χ0) is 14.6. The van der Waals surface area contributed by atoms with Crippen LogP contribution in [0.1, 0.15) is 37.6 Å². The first-order chi connectivity index (χ1) is 8.75. The Morgan fingerprint density at radius 2 is 2.05 bits per heavy atom. The summed E-state index contributed by atoms with van der Waals surface area (Å²) in [6.07, 6.45) is 0.878. The molecule has 19 heavy (non-hydrogen) atoms. The molecule has 0 aromatic heterocycles. The lowest BCUT2D eigenvalue weighted by atomic mass is 9.85. The van der Waals surface area contributed by atoms with Crippen molar-refractivity contribution in [2.45, 2.75) is 33.2 Å². The Bertz CT molecular complexity index is 457. The van der Waals surface area contributed by atoms with E-state index in [4.69, 9.17) is 11.6 Å². The Balaban J connectivity index is 2.88. The maximum Gasteiger partial charge on any atom is 0.253 e. The molecule has 0 spiro atoms. The number of rotatable bonds is 4. The van der Waals surface area contributed by atoms with Gasteiger partial charge in [-0.3, -0.25) is 4.79 Å². The maximum atomic E-state index is 12.3. The largest absolute Gasteiger partial charge is 0.349 e. The Morgan fingerprint density at radius 1 is 1.42 bits per heavy atom. The number of carbonyl (C=O) groups is 1. The van der Waals surface area contributed by atoms with Crippen LogP contribution >= 0.6 is 43.5 Å². The predicted molar refractivity (Wildman–Crippen MR) is 88.3 cm³/mol. The van der Waals surface area contributed by atoms with Gasteiger partial charge < -0.3 is 5.32 Å². The molecule has 0 bridgehead atoms. The van der Waals surface area contributed by atoms with Gasteiger partial charge >= 0.3 is 0 Å². The molecule has 0 aliphatic rings. The number of carbonyl (C=O) groups excluding carboxylic acids is 1. The monoisotopic (exact) mass is 409 g/mol. The predicted octanol–water partition coefficient (Wildman–Crippen LogP) is 5.03. The SMILES string of the molecule is CC(C)(C)C(CCBr)NC(=O)c1ccc(Br)cc1Cl. The Hall–Kier alpha value is -0.0600. The summed E-state index contributed by atoms with van der Waals surface area (Å²) in [5.74, 6) is -0.127. The van der Waals surface area contributed by atoms with Gasteiger partial charge in [-0.2, -0.15) is 0 Å². The molecule has 1 aromatic rings. The van der Waals surface area contributed by atoms with Crippen molar-refractivity contribution in [1.82, 2.24) is 5.32 Å². The molecule has 1 rings (SSSR count). The number of nitrogens with one attached hydrogen (secondary N) is 1. The number of hydrogen-bond donors (Lipinski definition) is 1. The number of hydrogen-bond acceptors (Lipinski definition) is 1. The van der Waals surface area contributed by atoms with Crippen molar-refractivity contribution in [2.24, 2.45) is 5.41 Å². The number of halogens is 3. The van der Waals surface area contributed by atoms with Gasteiger partial charge in [-0.25, -0.2) is 0 Å². The molecular formula is C14H18Br2ClNO. The minimum Gasteiger partial charge on any atom is -0.349 e. The molecule has 0 aliphatic heterocycles. The van der Waals surface area contributed by atoms with E-state index in [2.05, 4.69) is 57.9 Å². The van der Waals surface area contributed by atoms with Crippen molar-refractivity contribution < 1.29 is 4.79 Å². The molecule has 1 amide bonds. The summed E-state index contributed by atoms with van der Waals surface area (Å²) in [6, 6.07) is 5.37. The van der Waals surface area contributed by atoms with Gasteiger partial charge in [0.1, 0.15) is 0 Å². The summed E-state index contributed by atoms with van der Waals surface area (Å²) in [6.45, 7) is 6.34. The lowest BCUT2D eigenvalue weighted by Gasteiger charge is -2.31. The van der Waals surface area contributed by atoms with Gasteiger partial charge in [-0.1, -0.05) is 64.2 Å². The highest BCUT2D eigenvalue weighted by Gasteiger charge is 2.26. The normalized spacial score (nSPS) is 13.2. The van der Waals surface area contributed by atoms with Gasteiger partial charge in [-0.15, -0.1) is 0 Å². The van der Waals surface area contributed by atoms with Crippen molar-refractivity contribution in [1.29, 1.82) is 0 Å². The van der Waals surface area contributed by atoms with Gasteiger partial charge in [0.15, 0.2) is 0 Å². The molecule has 1 atom stereocenters. The molecule has 1 aromatic carbocycles. The lowest BCUT2D eigenvalue weighted by molar-refractivity contribution is 0.0901. The molecule has 106 valence electrons. The van der Waals surface area contributed by atoms with E-state index in [1.165, 1.54) is 0 Å². The zero-order valence-corrected chi connectivity index (χ0v) is 15.2. The first-order valence-corrected chi connectivity index (χ1v) is 8.37. The first kappa shape index (κ1) is 17.0. The summed E-state index contributed by atoms with van der Waals surface area (Å²) in [5, 5.41) is 4.37. The van der Waals surface area contributed by atoms with Crippen molar-refractivity contribution in [3.8, 4) is 0 Å². The van der Waals surface area contributed by atoms with E-state index in [-0.39, 0.29) is 17.4 Å². The fourth-order valence-electron chi connectivity index (χ4n) is 1.74. The maximum absolute atomic E-state index is 12.3. The summed E-state index contributed by atoms with van der Waals surface area (Å²) in [5.41, 5.74) is 0.513. The number of alkyl halides is 1. The van der Waals surface area contributed by atoms with Crippen LogP contribution < -0.4 is 5.32 Å². The number of amides is 1. The second-order valence-corrected chi connectivity index (χ2v) is 7.61. The summed E-state index contributed by atoms with van der Waals surface area (Å²) in [7, 11) is 0. The third kappa shape index (κ3) is 5.09. The van der Waals surface area contributed by atoms with Crippen LogP contribution in [0.4, 0.5) is 0 Å². The van der Waals surface area contributed by atoms with Crippen LogP contribution in [0, 0.1) is 5.41 Å². The van der Waals surface area contributed by atoms with E-state index >= 15 is 0 Å². The average Bonchev–Trinajstić information content (AvgIpc) is 2.26. The zero-order valence-electron chi connectivity index (χ0n) is 11.3. The molecule has 0 radical (unpaired) electrons. The molecule has 2 nitrogen and oxygen atoms in total. The van der Waals surface area contributed by atoms with E-state index in [0.717, 1.165) is 16.2 Å². The molecule has 0 heterocycles. The highest BCUT2D eigenvalue weighted by atomic mass is 79.9. The van der Waals surface area contributed by atoms with Crippen LogP contribution in [0.2, 0.25) is 5.02 Å². The van der Waals surface area contributed by atoms with Crippen molar-refractivity contribution >= 4 is 49.4 Å². The van der Waals surface area contributed by atoms with Gasteiger partial charge in [0, 0.05) is 15.8 Å². The summed E-state index contributed by atoms with van der Waals surface area (Å²) >= 11 is 12.9. The standard InChI is InChI=1S/C14H18Br2ClNO/c1-14(2,3)12(6-7-15)18-13(19)10-5-4-9(16)8-11(10)17/h4-5,8,12H,6-7H2,1-3H3,(H,18,19). The van der Waals surface area contributed by atoms with Crippen LogP contribution in [-0.4, -0.2) is 17.3 Å². The molecule has 0 saturated heterocycles. The quantitative estimate of drug-likeness (QED) is 0.692. The Labute approximate surface area is 136 Å². The number of benzene rings is 1. The van der Waals surface area contributed by atoms with Crippen molar-refractivity contribution in [2.75, 3.05) is 5.33 Å². The summed E-state index contributed by atoms with van der Waals surface area (Å²) < 4.78 is 0.863. The van der Waals surface area contributed by atoms with E-state index in [1.54, 1.807) is 12.1 Å². The highest BCUT2D eigenvalue weighted by molar-refractivity contribution is 9.10. The molecule has 0 aliphatic carbocycles. The molecule has 0 saturated carbocycles. The fourth-order valence-corrected chi connectivity index (χ4v) is 2.96. The van der Waals surface area contributed by atoms with E-state index in [1.807, 2.05) is 6.07 Å². The molecule has 0 fully saturated rings. The highest BCUT2D eigenvalue weighted by Crippen LogP contribution is 2.25. The van der Waals surface area contributed by atoms with Gasteiger partial charge in [0.25, 0.3) is 5.91 Å².